The van der Waals surface area contributed by atoms with Crippen LogP contribution in [0.25, 0.3) is 0 Å². The van der Waals surface area contributed by atoms with Gasteiger partial charge in [0.2, 0.25) is 5.95 Å². The number of pyridine rings is 1. The summed E-state index contributed by atoms with van der Waals surface area (Å²) in [5.74, 6) is -1.45. The van der Waals surface area contributed by atoms with Gasteiger partial charge in [-0.3, -0.25) is 14.7 Å². The van der Waals surface area contributed by atoms with Gasteiger partial charge in [-0.25, -0.2) is 14.8 Å². The van der Waals surface area contributed by atoms with E-state index in [9.17, 15) is 19.1 Å². The first-order valence-corrected chi connectivity index (χ1v) is 15.1. The van der Waals surface area contributed by atoms with Crippen LogP contribution < -0.4 is 5.32 Å². The maximum absolute atomic E-state index is 13.9. The lowest BCUT2D eigenvalue weighted by molar-refractivity contribution is -0.147. The molecule has 3 aliphatic heterocycles. The molecule has 0 radical (unpaired) electrons. The molecule has 3 aliphatic rings. The van der Waals surface area contributed by atoms with E-state index in [1.165, 1.54) is 17.4 Å². The molecule has 5 heterocycles. The number of aliphatic imine (C=N–C) groups is 1. The highest BCUT2D eigenvalue weighted by atomic mass is 32.1. The van der Waals surface area contributed by atoms with E-state index in [0.29, 0.717) is 77.8 Å². The molecule has 14 heteroatoms. The van der Waals surface area contributed by atoms with Gasteiger partial charge in [-0.05, 0) is 46.0 Å². The summed E-state index contributed by atoms with van der Waals surface area (Å²) in [5, 5.41) is 16.2. The van der Waals surface area contributed by atoms with Crippen molar-refractivity contribution in [3.8, 4) is 0 Å². The minimum absolute atomic E-state index is 0.0810. The highest BCUT2D eigenvalue weighted by Crippen LogP contribution is 2.35. The number of aryl methyl sites for hydroxylation is 1. The number of hydrogen-bond donors (Lipinski definition) is 2. The summed E-state index contributed by atoms with van der Waals surface area (Å²) in [4.78, 5) is 44.9. The Kier molecular flexibility index (Phi) is 8.58. The van der Waals surface area contributed by atoms with Crippen LogP contribution in [0.4, 0.5) is 4.39 Å². The predicted molar refractivity (Wildman–Crippen MR) is 160 cm³/mol. The number of nitrogens with one attached hydrogen (secondary N) is 1. The highest BCUT2D eigenvalue weighted by Gasteiger charge is 2.42. The zero-order chi connectivity index (χ0) is 30.2. The van der Waals surface area contributed by atoms with Crippen molar-refractivity contribution in [3.63, 3.8) is 0 Å². The summed E-state index contributed by atoms with van der Waals surface area (Å²) >= 11 is 7.15. The number of fused-ring (bicyclic) bond motifs is 1. The summed E-state index contributed by atoms with van der Waals surface area (Å²) < 4.78 is 19.4. The molecule has 2 aromatic heterocycles. The van der Waals surface area contributed by atoms with Crippen LogP contribution in [0, 0.1) is 18.3 Å². The molecule has 0 spiro atoms. The molecule has 0 aliphatic carbocycles. The lowest BCUT2D eigenvalue weighted by Gasteiger charge is -2.38. The number of thiocarbonyl (C=S) groups is 1. The number of carboxylic acids is 1. The molecular weight excluding hydrogens is 581 g/mol. The van der Waals surface area contributed by atoms with Crippen molar-refractivity contribution in [1.82, 2.24) is 30.0 Å². The van der Waals surface area contributed by atoms with E-state index in [1.54, 1.807) is 40.0 Å². The molecule has 42 heavy (non-hydrogen) atoms. The van der Waals surface area contributed by atoms with Crippen LogP contribution in [0.5, 0.6) is 0 Å². The number of carbonyl (C=O) groups is 2. The number of esters is 1. The Labute approximate surface area is 253 Å². The molecule has 0 aromatic carbocycles. The van der Waals surface area contributed by atoms with Gasteiger partial charge in [-0.2, -0.15) is 4.39 Å². The molecule has 224 valence electrons. The van der Waals surface area contributed by atoms with E-state index in [4.69, 9.17) is 21.9 Å². The Morgan fingerprint density at radius 1 is 1.29 bits per heavy atom. The third kappa shape index (κ3) is 6.01. The van der Waals surface area contributed by atoms with Gasteiger partial charge in [0.05, 0.1) is 23.6 Å². The molecule has 0 bridgehead atoms. The zero-order valence-corrected chi connectivity index (χ0v) is 25.6. The number of aromatic nitrogens is 2. The van der Waals surface area contributed by atoms with E-state index in [-0.39, 0.29) is 12.6 Å². The Hall–Kier alpha value is -3.49. The molecule has 2 saturated heterocycles. The van der Waals surface area contributed by atoms with Crippen molar-refractivity contribution >= 4 is 46.4 Å². The highest BCUT2D eigenvalue weighted by molar-refractivity contribution is 7.80. The summed E-state index contributed by atoms with van der Waals surface area (Å²) in [6, 6.07) is 2.20. The first kappa shape index (κ1) is 30.0. The number of nitrogens with zero attached hydrogens (tertiary/aromatic N) is 6. The van der Waals surface area contributed by atoms with E-state index in [2.05, 4.69) is 25.1 Å². The van der Waals surface area contributed by atoms with Crippen LogP contribution in [0.15, 0.2) is 40.0 Å². The van der Waals surface area contributed by atoms with Gasteiger partial charge < -0.3 is 25.0 Å². The number of carboxylic acid groups (broad SMARTS) is 1. The van der Waals surface area contributed by atoms with Crippen molar-refractivity contribution in [3.05, 3.63) is 57.2 Å². The second-order valence-electron chi connectivity index (χ2n) is 11.2. The minimum atomic E-state index is -0.933. The van der Waals surface area contributed by atoms with E-state index >= 15 is 0 Å². The number of hydrogen-bond acceptors (Lipinski definition) is 10. The molecule has 2 unspecified atom stereocenters. The van der Waals surface area contributed by atoms with Crippen molar-refractivity contribution in [2.45, 2.75) is 39.8 Å². The van der Waals surface area contributed by atoms with Gasteiger partial charge in [-0.15, -0.1) is 11.3 Å². The van der Waals surface area contributed by atoms with E-state index < -0.39 is 29.3 Å². The number of halogens is 1. The fraction of sp³-hybridized carbons (Fsp3) is 0.500. The quantitative estimate of drug-likeness (QED) is 0.246. The van der Waals surface area contributed by atoms with Gasteiger partial charge in [-0.1, -0.05) is 6.07 Å². The van der Waals surface area contributed by atoms with Crippen LogP contribution in [0.3, 0.4) is 0 Å². The Balaban J connectivity index is 1.45. The van der Waals surface area contributed by atoms with Gasteiger partial charge >= 0.3 is 11.9 Å². The largest absolute Gasteiger partial charge is 0.481 e. The van der Waals surface area contributed by atoms with Crippen molar-refractivity contribution in [2.75, 3.05) is 45.9 Å². The molecule has 11 nitrogen and oxygen atoms in total. The van der Waals surface area contributed by atoms with Crippen LogP contribution in [0.2, 0.25) is 0 Å². The molecule has 2 fully saturated rings. The SMILES string of the molecule is CCOC(=O)C1=C(CN2CCN3C(=S)N(CC(C)(C)C(=O)O)CC3C2)NC(c2nccs2)=NC1c1ccc(F)nc1C. The summed E-state index contributed by atoms with van der Waals surface area (Å²) in [6.07, 6.45) is 1.69. The minimum Gasteiger partial charge on any atom is -0.481 e. The van der Waals surface area contributed by atoms with Gasteiger partial charge in [0.1, 0.15) is 6.04 Å². The summed E-state index contributed by atoms with van der Waals surface area (Å²) in [6.45, 7) is 10.4. The standard InChI is InChI=1S/C28H34FN7O4S2/c1-5-40-25(37)21-19(14-34-9-10-36-17(12-34)13-35(27(36)41)15-28(3,4)26(38)39)32-23(24-30-8-11-42-24)33-22(21)18-6-7-20(29)31-16(18)2/h6-8,11,17,22H,5,9-10,12-15H2,1-4H3,(H,32,33)(H,38,39). The van der Waals surface area contributed by atoms with E-state index in [0.717, 1.165) is 0 Å². The number of piperazine rings is 1. The number of carbonyl (C=O) groups excluding carboxylic acids is 1. The van der Waals surface area contributed by atoms with Gasteiger partial charge in [0.15, 0.2) is 16.0 Å². The maximum Gasteiger partial charge on any atom is 0.338 e. The maximum atomic E-state index is 13.9. The van der Waals surface area contributed by atoms with Crippen molar-refractivity contribution < 1.29 is 23.8 Å². The molecule has 0 saturated carbocycles. The van der Waals surface area contributed by atoms with Crippen LogP contribution in [-0.4, -0.2) is 105 Å². The first-order chi connectivity index (χ1) is 20.0. The number of rotatable bonds is 9. The Morgan fingerprint density at radius 3 is 2.74 bits per heavy atom. The Morgan fingerprint density at radius 2 is 2.07 bits per heavy atom. The smallest absolute Gasteiger partial charge is 0.338 e. The molecule has 5 rings (SSSR count). The van der Waals surface area contributed by atoms with Crippen molar-refractivity contribution in [1.29, 1.82) is 0 Å². The molecule has 0 amide bonds. The fourth-order valence-electron chi connectivity index (χ4n) is 5.56. The molecular formula is C28H34FN7O4S2. The molecule has 2 N–H and O–H groups in total. The Bertz CT molecular complexity index is 1450. The van der Waals surface area contributed by atoms with E-state index in [1.807, 2.05) is 10.3 Å². The molecule has 2 atom stereocenters. The van der Waals surface area contributed by atoms with Gasteiger partial charge in [0, 0.05) is 67.8 Å². The summed E-state index contributed by atoms with van der Waals surface area (Å²) in [5.41, 5.74) is 1.10. The lowest BCUT2D eigenvalue weighted by atomic mass is 9.93. The monoisotopic (exact) mass is 615 g/mol. The number of aliphatic carboxylic acids is 1. The van der Waals surface area contributed by atoms with Crippen LogP contribution >= 0.6 is 23.6 Å². The fourth-order valence-corrected chi connectivity index (χ4v) is 6.53. The lowest BCUT2D eigenvalue weighted by Crippen LogP contribution is -2.53. The number of thiazole rings is 1. The normalized spacial score (nSPS) is 21.3. The third-order valence-corrected chi connectivity index (χ3v) is 8.98. The topological polar surface area (TPSA) is 123 Å². The van der Waals surface area contributed by atoms with Crippen LogP contribution in [0.1, 0.15) is 43.1 Å². The average molecular weight is 616 g/mol. The van der Waals surface area contributed by atoms with Crippen molar-refractivity contribution in [2.24, 2.45) is 10.4 Å². The zero-order valence-electron chi connectivity index (χ0n) is 24.0. The molecule has 2 aromatic rings. The van der Waals surface area contributed by atoms with Crippen LogP contribution in [-0.2, 0) is 14.3 Å². The average Bonchev–Trinajstić information content (AvgIpc) is 3.57. The third-order valence-electron chi connectivity index (χ3n) is 7.70. The predicted octanol–water partition coefficient (Wildman–Crippen LogP) is 2.59. The summed E-state index contributed by atoms with van der Waals surface area (Å²) in [7, 11) is 0. The second-order valence-corrected chi connectivity index (χ2v) is 12.5. The number of amidine groups is 1. The first-order valence-electron chi connectivity index (χ1n) is 13.8. The van der Waals surface area contributed by atoms with Gasteiger partial charge in [0.25, 0.3) is 0 Å². The number of ether oxygens (including phenoxy) is 1. The second kappa shape index (κ2) is 12.0.